The molecular formula is C20H43NO2. The van der Waals surface area contributed by atoms with Crippen molar-refractivity contribution in [1.82, 2.24) is 4.90 Å². The maximum Gasteiger partial charge on any atom is 0.0558 e. The topological polar surface area (TPSA) is 43.7 Å². The van der Waals surface area contributed by atoms with Gasteiger partial charge < -0.3 is 10.2 Å². The molecule has 0 rings (SSSR count). The van der Waals surface area contributed by atoms with E-state index < -0.39 is 0 Å². The van der Waals surface area contributed by atoms with Crippen LogP contribution in [0.5, 0.6) is 0 Å². The molecule has 0 bridgehead atoms. The second kappa shape index (κ2) is 16.7. The highest BCUT2D eigenvalue weighted by Gasteiger charge is 2.08. The first-order valence-corrected chi connectivity index (χ1v) is 10.1. The molecule has 0 radical (unpaired) electrons. The number of hydrogen-bond donors (Lipinski definition) is 2. The predicted octanol–water partition coefficient (Wildman–Crippen LogP) is 4.47. The first kappa shape index (κ1) is 22.9. The van der Waals surface area contributed by atoms with Crippen molar-refractivity contribution < 1.29 is 10.2 Å². The van der Waals surface area contributed by atoms with E-state index in [4.69, 9.17) is 10.2 Å². The summed E-state index contributed by atoms with van der Waals surface area (Å²) in [5.74, 6) is 1.79. The van der Waals surface area contributed by atoms with Gasteiger partial charge in [0.25, 0.3) is 0 Å². The number of hydrogen-bond acceptors (Lipinski definition) is 3. The molecule has 2 N–H and O–H groups in total. The summed E-state index contributed by atoms with van der Waals surface area (Å²) in [7, 11) is 0. The van der Waals surface area contributed by atoms with Crippen LogP contribution in [0, 0.1) is 11.8 Å². The zero-order chi connectivity index (χ0) is 17.3. The minimum absolute atomic E-state index is 0.190. The van der Waals surface area contributed by atoms with Crippen molar-refractivity contribution in [2.45, 2.75) is 85.0 Å². The van der Waals surface area contributed by atoms with Crippen LogP contribution in [-0.2, 0) is 0 Å². The molecular weight excluding hydrogens is 286 g/mol. The van der Waals surface area contributed by atoms with E-state index in [-0.39, 0.29) is 13.2 Å². The molecule has 0 aliphatic heterocycles. The van der Waals surface area contributed by atoms with Gasteiger partial charge in [-0.2, -0.15) is 0 Å². The van der Waals surface area contributed by atoms with Crippen molar-refractivity contribution in [1.29, 1.82) is 0 Å². The van der Waals surface area contributed by atoms with Crippen LogP contribution in [0.4, 0.5) is 0 Å². The van der Waals surface area contributed by atoms with E-state index in [1.165, 1.54) is 64.2 Å². The Kier molecular flexibility index (Phi) is 16.6. The van der Waals surface area contributed by atoms with Gasteiger partial charge in [-0.15, -0.1) is 0 Å². The van der Waals surface area contributed by atoms with Crippen molar-refractivity contribution in [3.8, 4) is 0 Å². The second-order valence-corrected chi connectivity index (χ2v) is 7.43. The predicted molar refractivity (Wildman–Crippen MR) is 101 cm³/mol. The molecule has 140 valence electrons. The number of nitrogens with zero attached hydrogens (tertiary/aromatic N) is 1. The zero-order valence-electron chi connectivity index (χ0n) is 16.1. The molecule has 2 unspecified atom stereocenters. The lowest BCUT2D eigenvalue weighted by molar-refractivity contribution is 0.159. The van der Waals surface area contributed by atoms with Gasteiger partial charge in [-0.1, -0.05) is 72.1 Å². The lowest BCUT2D eigenvalue weighted by Crippen LogP contribution is -2.30. The van der Waals surface area contributed by atoms with Crippen molar-refractivity contribution >= 4 is 0 Å². The molecule has 0 aliphatic rings. The molecule has 2 atom stereocenters. The average molecular weight is 330 g/mol. The van der Waals surface area contributed by atoms with Crippen LogP contribution in [-0.4, -0.2) is 48.0 Å². The fourth-order valence-corrected chi connectivity index (χ4v) is 3.57. The molecule has 3 nitrogen and oxygen atoms in total. The molecule has 0 heterocycles. The van der Waals surface area contributed by atoms with Gasteiger partial charge in [-0.05, 0) is 31.2 Å². The van der Waals surface area contributed by atoms with Crippen molar-refractivity contribution in [2.75, 3.05) is 32.8 Å². The molecule has 0 aliphatic carbocycles. The molecule has 0 aromatic rings. The van der Waals surface area contributed by atoms with Crippen LogP contribution in [0.2, 0.25) is 0 Å². The Morgan fingerprint density at radius 1 is 0.696 bits per heavy atom. The summed E-state index contributed by atoms with van der Waals surface area (Å²) in [6.07, 6.45) is 13.4. The van der Waals surface area contributed by atoms with Crippen LogP contribution in [0.15, 0.2) is 0 Å². The van der Waals surface area contributed by atoms with Gasteiger partial charge in [-0.3, -0.25) is 4.90 Å². The fourth-order valence-electron chi connectivity index (χ4n) is 3.57. The second-order valence-electron chi connectivity index (χ2n) is 7.43. The Morgan fingerprint density at radius 3 is 1.78 bits per heavy atom. The number of unbranched alkanes of at least 4 members (excludes halogenated alkanes) is 5. The number of aliphatic hydroxyl groups excluding tert-OH is 2. The van der Waals surface area contributed by atoms with Crippen LogP contribution < -0.4 is 0 Å². The largest absolute Gasteiger partial charge is 0.395 e. The SMILES string of the molecule is CCCC(C)CC(C)CCCCCCCCN(CCO)CCO. The smallest absolute Gasteiger partial charge is 0.0558 e. The molecule has 0 spiro atoms. The maximum absolute atomic E-state index is 8.97. The van der Waals surface area contributed by atoms with Gasteiger partial charge in [0.15, 0.2) is 0 Å². The highest BCUT2D eigenvalue weighted by Crippen LogP contribution is 2.21. The van der Waals surface area contributed by atoms with Gasteiger partial charge in [0.2, 0.25) is 0 Å². The molecule has 3 heteroatoms. The number of aliphatic hydroxyl groups is 2. The highest BCUT2D eigenvalue weighted by atomic mass is 16.3. The lowest BCUT2D eigenvalue weighted by atomic mass is 9.90. The number of rotatable bonds is 17. The molecule has 0 amide bonds. The van der Waals surface area contributed by atoms with E-state index in [2.05, 4.69) is 25.7 Å². The van der Waals surface area contributed by atoms with Gasteiger partial charge in [0.1, 0.15) is 0 Å². The van der Waals surface area contributed by atoms with E-state index in [1.54, 1.807) is 0 Å². The molecule has 0 saturated carbocycles. The first-order chi connectivity index (χ1) is 11.1. The quantitative estimate of drug-likeness (QED) is 0.387. The van der Waals surface area contributed by atoms with Crippen molar-refractivity contribution in [3.05, 3.63) is 0 Å². The van der Waals surface area contributed by atoms with Gasteiger partial charge >= 0.3 is 0 Å². The summed E-state index contributed by atoms with van der Waals surface area (Å²) in [6.45, 7) is 9.87. The van der Waals surface area contributed by atoms with Gasteiger partial charge in [0.05, 0.1) is 13.2 Å². The van der Waals surface area contributed by atoms with Crippen LogP contribution >= 0.6 is 0 Å². The van der Waals surface area contributed by atoms with Crippen molar-refractivity contribution in [3.63, 3.8) is 0 Å². The van der Waals surface area contributed by atoms with Crippen molar-refractivity contribution in [2.24, 2.45) is 11.8 Å². The Hall–Kier alpha value is -0.120. The molecule has 0 fully saturated rings. The zero-order valence-corrected chi connectivity index (χ0v) is 16.1. The standard InChI is InChI=1S/C20H43NO2/c1-4-11-19(2)18-20(3)12-9-7-5-6-8-10-13-21(14-16-22)15-17-23/h19-20,22-23H,4-18H2,1-3H3. The molecule has 0 saturated heterocycles. The normalized spacial score (nSPS) is 14.3. The highest BCUT2D eigenvalue weighted by molar-refractivity contribution is 4.61. The third kappa shape index (κ3) is 15.2. The van der Waals surface area contributed by atoms with E-state index in [0.717, 1.165) is 18.4 Å². The Labute approximate surface area is 145 Å². The Morgan fingerprint density at radius 2 is 1.22 bits per heavy atom. The monoisotopic (exact) mass is 329 g/mol. The van der Waals surface area contributed by atoms with E-state index in [0.29, 0.717) is 13.1 Å². The van der Waals surface area contributed by atoms with E-state index in [1.807, 2.05) is 0 Å². The summed E-state index contributed by atoms with van der Waals surface area (Å²) in [4.78, 5) is 2.15. The summed E-state index contributed by atoms with van der Waals surface area (Å²) < 4.78 is 0. The first-order valence-electron chi connectivity index (χ1n) is 10.1. The summed E-state index contributed by atoms with van der Waals surface area (Å²) in [5, 5.41) is 17.9. The molecule has 0 aromatic carbocycles. The average Bonchev–Trinajstić information content (AvgIpc) is 2.50. The summed E-state index contributed by atoms with van der Waals surface area (Å²) >= 11 is 0. The Bertz CT molecular complexity index is 230. The third-order valence-electron chi connectivity index (χ3n) is 4.84. The van der Waals surface area contributed by atoms with E-state index >= 15 is 0 Å². The fraction of sp³-hybridized carbons (Fsp3) is 1.00. The minimum Gasteiger partial charge on any atom is -0.395 e. The molecule has 0 aromatic heterocycles. The maximum atomic E-state index is 8.97. The molecule has 23 heavy (non-hydrogen) atoms. The van der Waals surface area contributed by atoms with E-state index in [9.17, 15) is 0 Å². The third-order valence-corrected chi connectivity index (χ3v) is 4.84. The van der Waals surface area contributed by atoms with Crippen LogP contribution in [0.25, 0.3) is 0 Å². The van der Waals surface area contributed by atoms with Gasteiger partial charge in [0, 0.05) is 13.1 Å². The van der Waals surface area contributed by atoms with Crippen LogP contribution in [0.3, 0.4) is 0 Å². The summed E-state index contributed by atoms with van der Waals surface area (Å²) in [5.41, 5.74) is 0. The summed E-state index contributed by atoms with van der Waals surface area (Å²) in [6, 6.07) is 0. The lowest BCUT2D eigenvalue weighted by Gasteiger charge is -2.19. The van der Waals surface area contributed by atoms with Crippen LogP contribution in [0.1, 0.15) is 85.0 Å². The Balaban J connectivity index is 3.41. The van der Waals surface area contributed by atoms with Gasteiger partial charge in [-0.25, -0.2) is 0 Å². The minimum atomic E-state index is 0.190.